The van der Waals surface area contributed by atoms with Crippen molar-refractivity contribution < 1.29 is 23.9 Å². The molecule has 180 valence electrons. The van der Waals surface area contributed by atoms with Crippen molar-refractivity contribution in [3.8, 4) is 11.5 Å². The number of aromatic nitrogens is 1. The first-order valence-corrected chi connectivity index (χ1v) is 11.4. The lowest BCUT2D eigenvalue weighted by Gasteiger charge is -2.30. The molecule has 2 rings (SSSR count). The summed E-state index contributed by atoms with van der Waals surface area (Å²) in [5, 5.41) is 9.89. The zero-order valence-electron chi connectivity index (χ0n) is 19.7. The van der Waals surface area contributed by atoms with Gasteiger partial charge in [0.1, 0.15) is 17.2 Å². The Balaban J connectivity index is 2.06. The van der Waals surface area contributed by atoms with Gasteiger partial charge < -0.3 is 20.1 Å². The zero-order valence-corrected chi connectivity index (χ0v) is 20.5. The average Bonchev–Trinajstić information content (AvgIpc) is 3.24. The first-order valence-electron chi connectivity index (χ1n) is 10.5. The smallest absolute Gasteiger partial charge is 0.270 e. The molecule has 0 aliphatic heterocycles. The maximum absolute atomic E-state index is 12.8. The minimum atomic E-state index is -0.492. The first kappa shape index (κ1) is 26.1. The van der Waals surface area contributed by atoms with Crippen molar-refractivity contribution in [1.29, 1.82) is 0 Å². The molecular weight excluding hydrogens is 446 g/mol. The van der Waals surface area contributed by atoms with E-state index in [-0.39, 0.29) is 28.0 Å². The molecule has 3 N–H and O–H groups in total. The van der Waals surface area contributed by atoms with Crippen molar-refractivity contribution in [2.45, 2.75) is 39.8 Å². The van der Waals surface area contributed by atoms with E-state index >= 15 is 0 Å². The van der Waals surface area contributed by atoms with Crippen molar-refractivity contribution in [3.05, 3.63) is 28.8 Å². The van der Waals surface area contributed by atoms with Crippen LogP contribution in [0.25, 0.3) is 0 Å². The largest absolute Gasteiger partial charge is 0.496 e. The van der Waals surface area contributed by atoms with Crippen LogP contribution in [-0.2, 0) is 4.79 Å². The van der Waals surface area contributed by atoms with Crippen LogP contribution in [0.15, 0.2) is 17.5 Å². The highest BCUT2D eigenvalue weighted by molar-refractivity contribution is 7.14. The van der Waals surface area contributed by atoms with E-state index in [9.17, 15) is 14.4 Å². The second-order valence-electron chi connectivity index (χ2n) is 7.69. The summed E-state index contributed by atoms with van der Waals surface area (Å²) in [5.41, 5.74) is 0.781. The number of nitrogens with one attached hydrogen (secondary N) is 3. The molecule has 10 nitrogen and oxygen atoms in total. The van der Waals surface area contributed by atoms with Crippen molar-refractivity contribution >= 4 is 40.4 Å². The number of carbonyl (C=O) groups excluding carboxylic acids is 3. The van der Waals surface area contributed by atoms with E-state index in [1.54, 1.807) is 5.38 Å². The van der Waals surface area contributed by atoms with Gasteiger partial charge in [-0.15, -0.1) is 11.3 Å². The monoisotopic (exact) mass is 477 g/mol. The van der Waals surface area contributed by atoms with Crippen LogP contribution in [0.5, 0.6) is 11.5 Å². The molecule has 1 aromatic heterocycles. The van der Waals surface area contributed by atoms with E-state index in [2.05, 4.69) is 53.5 Å². The molecule has 0 atom stereocenters. The quantitative estimate of drug-likeness (QED) is 0.402. The van der Waals surface area contributed by atoms with E-state index in [1.807, 2.05) is 0 Å². The standard InChI is InChI=1S/C22H31N5O5S/c1-13(2)27(14(3)4)8-7-23-21(30)17-11-33-22(25-17)26-20(29)15-9-19(32-6)16(24-12-28)10-18(15)31-5/h9-14H,7-8H2,1-6H3,(H,23,30)(H,24,28)(H,25,26,29). The lowest BCUT2D eigenvalue weighted by molar-refractivity contribution is -0.105. The molecule has 0 fully saturated rings. The van der Waals surface area contributed by atoms with Crippen molar-refractivity contribution in [2.75, 3.05) is 37.9 Å². The third-order valence-corrected chi connectivity index (χ3v) is 5.68. The molecular formula is C22H31N5O5S. The number of benzene rings is 1. The summed E-state index contributed by atoms with van der Waals surface area (Å²) in [6, 6.07) is 3.69. The lowest BCUT2D eigenvalue weighted by atomic mass is 10.1. The third kappa shape index (κ3) is 6.90. The molecule has 0 radical (unpaired) electrons. The van der Waals surface area contributed by atoms with Crippen LogP contribution in [0.1, 0.15) is 48.5 Å². The maximum Gasteiger partial charge on any atom is 0.270 e. The third-order valence-electron chi connectivity index (χ3n) is 4.92. The number of amides is 3. The second kappa shape index (κ2) is 12.2. The summed E-state index contributed by atoms with van der Waals surface area (Å²) in [4.78, 5) is 42.5. The van der Waals surface area contributed by atoms with Gasteiger partial charge in [-0.3, -0.25) is 24.6 Å². The van der Waals surface area contributed by atoms with Crippen LogP contribution in [0.2, 0.25) is 0 Å². The van der Waals surface area contributed by atoms with Crippen LogP contribution in [0.4, 0.5) is 10.8 Å². The predicted octanol–water partition coefficient (Wildman–Crippen LogP) is 2.83. The Hall–Kier alpha value is -3.18. The summed E-state index contributed by atoms with van der Waals surface area (Å²) in [6.07, 6.45) is 0.502. The van der Waals surface area contributed by atoms with Gasteiger partial charge in [-0.1, -0.05) is 0 Å². The molecule has 1 aromatic carbocycles. The van der Waals surface area contributed by atoms with Gasteiger partial charge in [0.2, 0.25) is 6.41 Å². The fraction of sp³-hybridized carbons (Fsp3) is 0.455. The topological polar surface area (TPSA) is 122 Å². The SMILES string of the molecule is COc1cc(C(=O)Nc2nc(C(=O)NCCN(C(C)C)C(C)C)cs2)c(OC)cc1NC=O. The Morgan fingerprint density at radius 3 is 2.33 bits per heavy atom. The van der Waals surface area contributed by atoms with Gasteiger partial charge in [-0.05, 0) is 33.8 Å². The van der Waals surface area contributed by atoms with E-state index in [4.69, 9.17) is 9.47 Å². The van der Waals surface area contributed by atoms with E-state index in [1.165, 1.54) is 26.4 Å². The first-order chi connectivity index (χ1) is 15.7. The summed E-state index contributed by atoms with van der Waals surface area (Å²) < 4.78 is 10.5. The van der Waals surface area contributed by atoms with Gasteiger partial charge in [-0.2, -0.15) is 0 Å². The van der Waals surface area contributed by atoms with E-state index in [0.29, 0.717) is 36.5 Å². The highest BCUT2D eigenvalue weighted by atomic mass is 32.1. The fourth-order valence-electron chi connectivity index (χ4n) is 3.35. The Labute approximate surface area is 197 Å². The molecule has 0 saturated heterocycles. The van der Waals surface area contributed by atoms with Crippen LogP contribution in [-0.4, -0.2) is 67.5 Å². The number of carbonyl (C=O) groups is 3. The van der Waals surface area contributed by atoms with Gasteiger partial charge in [0.15, 0.2) is 5.13 Å². The predicted molar refractivity (Wildman–Crippen MR) is 129 cm³/mol. The number of hydrogen-bond donors (Lipinski definition) is 3. The number of hydrogen-bond acceptors (Lipinski definition) is 8. The van der Waals surface area contributed by atoms with Gasteiger partial charge in [0, 0.05) is 36.6 Å². The molecule has 33 heavy (non-hydrogen) atoms. The summed E-state index contributed by atoms with van der Waals surface area (Å²) in [6.45, 7) is 9.70. The zero-order chi connectivity index (χ0) is 24.5. The van der Waals surface area contributed by atoms with Crippen LogP contribution in [0.3, 0.4) is 0 Å². The number of nitrogens with zero attached hydrogens (tertiary/aromatic N) is 2. The van der Waals surface area contributed by atoms with Crippen LogP contribution < -0.4 is 25.4 Å². The molecule has 11 heteroatoms. The summed E-state index contributed by atoms with van der Waals surface area (Å²) >= 11 is 1.14. The Morgan fingerprint density at radius 2 is 1.76 bits per heavy atom. The van der Waals surface area contributed by atoms with E-state index < -0.39 is 5.91 Å². The maximum atomic E-state index is 12.8. The highest BCUT2D eigenvalue weighted by Crippen LogP contribution is 2.33. The lowest BCUT2D eigenvalue weighted by Crippen LogP contribution is -2.42. The Bertz CT molecular complexity index is 968. The number of thiazole rings is 1. The molecule has 0 unspecified atom stereocenters. The fourth-order valence-corrected chi connectivity index (χ4v) is 4.04. The molecule has 0 bridgehead atoms. The van der Waals surface area contributed by atoms with Gasteiger partial charge in [0.25, 0.3) is 11.8 Å². The number of methoxy groups -OCH3 is 2. The van der Waals surface area contributed by atoms with Crippen molar-refractivity contribution in [3.63, 3.8) is 0 Å². The van der Waals surface area contributed by atoms with Crippen molar-refractivity contribution in [1.82, 2.24) is 15.2 Å². The minimum absolute atomic E-state index is 0.189. The van der Waals surface area contributed by atoms with Crippen LogP contribution >= 0.6 is 11.3 Å². The van der Waals surface area contributed by atoms with Gasteiger partial charge in [0.05, 0.1) is 25.5 Å². The minimum Gasteiger partial charge on any atom is -0.496 e. The summed E-state index contributed by atoms with van der Waals surface area (Å²) in [5.74, 6) is -0.257. The number of ether oxygens (including phenoxy) is 2. The molecule has 0 saturated carbocycles. The molecule has 0 aliphatic carbocycles. The van der Waals surface area contributed by atoms with E-state index in [0.717, 1.165) is 17.9 Å². The molecule has 3 amide bonds. The van der Waals surface area contributed by atoms with Gasteiger partial charge >= 0.3 is 0 Å². The second-order valence-corrected chi connectivity index (χ2v) is 8.55. The molecule has 0 aliphatic rings. The van der Waals surface area contributed by atoms with Crippen molar-refractivity contribution in [2.24, 2.45) is 0 Å². The summed E-state index contributed by atoms with van der Waals surface area (Å²) in [7, 11) is 2.83. The average molecular weight is 478 g/mol. The number of anilines is 2. The Kier molecular flexibility index (Phi) is 9.61. The molecule has 1 heterocycles. The Morgan fingerprint density at radius 1 is 1.09 bits per heavy atom. The highest BCUT2D eigenvalue weighted by Gasteiger charge is 2.20. The van der Waals surface area contributed by atoms with Gasteiger partial charge in [-0.25, -0.2) is 4.98 Å². The normalized spacial score (nSPS) is 10.9. The molecule has 0 spiro atoms. The van der Waals surface area contributed by atoms with Crippen LogP contribution in [0, 0.1) is 0 Å². The molecule has 2 aromatic rings. The number of rotatable bonds is 12.